The van der Waals surface area contributed by atoms with Crippen LogP contribution in [0.2, 0.25) is 0 Å². The Labute approximate surface area is 144 Å². The lowest BCUT2D eigenvalue weighted by Crippen LogP contribution is -2.48. The lowest BCUT2D eigenvalue weighted by atomic mass is 10.0. The first kappa shape index (κ1) is 16.7. The van der Waals surface area contributed by atoms with E-state index in [-0.39, 0.29) is 18.1 Å². The molecule has 3 heteroatoms. The van der Waals surface area contributed by atoms with Crippen molar-refractivity contribution >= 4 is 5.91 Å². The zero-order valence-electron chi connectivity index (χ0n) is 14.4. The minimum atomic E-state index is -0.0255. The van der Waals surface area contributed by atoms with Gasteiger partial charge in [0.05, 0.1) is 19.2 Å². The summed E-state index contributed by atoms with van der Waals surface area (Å²) >= 11 is 0. The van der Waals surface area contributed by atoms with Gasteiger partial charge in [-0.25, -0.2) is 0 Å². The van der Waals surface area contributed by atoms with Gasteiger partial charge in [0.1, 0.15) is 6.10 Å². The van der Waals surface area contributed by atoms with Gasteiger partial charge in [0.25, 0.3) is 0 Å². The monoisotopic (exact) mass is 323 g/mol. The van der Waals surface area contributed by atoms with E-state index in [9.17, 15) is 4.79 Å². The molecule has 3 rings (SSSR count). The molecular weight excluding hydrogens is 298 g/mol. The highest BCUT2D eigenvalue weighted by Crippen LogP contribution is 2.25. The van der Waals surface area contributed by atoms with Gasteiger partial charge in [-0.05, 0) is 31.4 Å². The van der Waals surface area contributed by atoms with E-state index in [2.05, 4.69) is 50.2 Å². The van der Waals surface area contributed by atoms with Crippen molar-refractivity contribution in [3.8, 4) is 0 Å². The van der Waals surface area contributed by atoms with E-state index in [1.807, 2.05) is 23.1 Å². The van der Waals surface area contributed by atoms with Crippen molar-refractivity contribution in [2.45, 2.75) is 38.8 Å². The van der Waals surface area contributed by atoms with Crippen molar-refractivity contribution in [1.29, 1.82) is 0 Å². The third-order valence-corrected chi connectivity index (χ3v) is 4.67. The highest BCUT2D eigenvalue weighted by atomic mass is 16.5. The number of rotatable bonds is 4. The molecule has 0 spiro atoms. The second kappa shape index (κ2) is 7.63. The first-order chi connectivity index (χ1) is 11.6. The van der Waals surface area contributed by atoms with Gasteiger partial charge in [-0.1, -0.05) is 60.2 Å². The normalized spacial score (nSPS) is 20.8. The number of ether oxygens (including phenoxy) is 1. The zero-order chi connectivity index (χ0) is 16.9. The maximum Gasteiger partial charge on any atom is 0.223 e. The van der Waals surface area contributed by atoms with Crippen LogP contribution in [-0.2, 0) is 16.0 Å². The summed E-state index contributed by atoms with van der Waals surface area (Å²) in [5.41, 5.74) is 3.59. The molecule has 2 atom stereocenters. The molecule has 1 amide bonds. The quantitative estimate of drug-likeness (QED) is 0.853. The fourth-order valence-electron chi connectivity index (χ4n) is 3.13. The molecule has 0 aromatic heterocycles. The van der Waals surface area contributed by atoms with Crippen molar-refractivity contribution in [1.82, 2.24) is 4.90 Å². The van der Waals surface area contributed by atoms with Gasteiger partial charge >= 0.3 is 0 Å². The van der Waals surface area contributed by atoms with E-state index in [0.717, 1.165) is 12.0 Å². The fourth-order valence-corrected chi connectivity index (χ4v) is 3.13. The number of morpholine rings is 1. The maximum absolute atomic E-state index is 12.7. The zero-order valence-corrected chi connectivity index (χ0v) is 14.4. The van der Waals surface area contributed by atoms with Gasteiger partial charge in [0, 0.05) is 6.42 Å². The summed E-state index contributed by atoms with van der Waals surface area (Å²) in [6.07, 6.45) is 1.32. The molecule has 126 valence electrons. The average Bonchev–Trinajstić information content (AvgIpc) is 2.62. The van der Waals surface area contributed by atoms with Gasteiger partial charge in [0.2, 0.25) is 5.91 Å². The Hall–Kier alpha value is -2.13. The van der Waals surface area contributed by atoms with Crippen LogP contribution in [0.15, 0.2) is 54.6 Å². The Kier molecular flexibility index (Phi) is 5.31. The maximum atomic E-state index is 12.7. The van der Waals surface area contributed by atoms with Gasteiger partial charge in [0.15, 0.2) is 0 Å². The van der Waals surface area contributed by atoms with Gasteiger partial charge in [-0.15, -0.1) is 0 Å². The van der Waals surface area contributed by atoms with Crippen LogP contribution in [-0.4, -0.2) is 30.0 Å². The van der Waals surface area contributed by atoms with Crippen molar-refractivity contribution < 1.29 is 9.53 Å². The number of amides is 1. The molecule has 2 aromatic rings. The number of hydrogen-bond donors (Lipinski definition) is 0. The van der Waals surface area contributed by atoms with E-state index >= 15 is 0 Å². The predicted octanol–water partition coefficient (Wildman–Crippen LogP) is 3.92. The van der Waals surface area contributed by atoms with E-state index in [1.165, 1.54) is 11.1 Å². The fraction of sp³-hybridized carbons (Fsp3) is 0.381. The smallest absolute Gasteiger partial charge is 0.223 e. The van der Waals surface area contributed by atoms with Crippen LogP contribution in [0.4, 0.5) is 0 Å². The summed E-state index contributed by atoms with van der Waals surface area (Å²) < 4.78 is 5.97. The number of hydrogen-bond acceptors (Lipinski definition) is 2. The summed E-state index contributed by atoms with van der Waals surface area (Å²) in [5.74, 6) is 0.215. The van der Waals surface area contributed by atoms with Crippen LogP contribution in [0.1, 0.15) is 36.1 Å². The minimum absolute atomic E-state index is 0.0255. The summed E-state index contributed by atoms with van der Waals surface area (Å²) in [6.45, 7) is 5.37. The van der Waals surface area contributed by atoms with Crippen molar-refractivity contribution in [3.05, 3.63) is 71.3 Å². The van der Waals surface area contributed by atoms with E-state index in [4.69, 9.17) is 4.74 Å². The largest absolute Gasteiger partial charge is 0.370 e. The third kappa shape index (κ3) is 4.04. The Morgan fingerprint density at radius 3 is 2.54 bits per heavy atom. The van der Waals surface area contributed by atoms with Crippen molar-refractivity contribution in [2.24, 2.45) is 0 Å². The topological polar surface area (TPSA) is 29.5 Å². The molecule has 2 unspecified atom stereocenters. The molecule has 1 fully saturated rings. The van der Waals surface area contributed by atoms with Crippen LogP contribution in [0.3, 0.4) is 0 Å². The molecule has 2 aromatic carbocycles. The first-order valence-corrected chi connectivity index (χ1v) is 8.65. The molecule has 0 N–H and O–H groups in total. The minimum Gasteiger partial charge on any atom is -0.370 e. The Morgan fingerprint density at radius 1 is 1.12 bits per heavy atom. The van der Waals surface area contributed by atoms with Crippen LogP contribution >= 0.6 is 0 Å². The standard InChI is InChI=1S/C21H25NO2/c1-16-8-11-19(12-9-16)20-14-22(17(2)15-24-20)21(23)13-10-18-6-4-3-5-7-18/h3-9,11-12,17,20H,10,13-15H2,1-2H3. The van der Waals surface area contributed by atoms with Crippen LogP contribution in [0.5, 0.6) is 0 Å². The molecule has 1 aliphatic rings. The van der Waals surface area contributed by atoms with E-state index in [0.29, 0.717) is 19.6 Å². The highest BCUT2D eigenvalue weighted by molar-refractivity contribution is 5.77. The molecule has 0 aliphatic carbocycles. The molecule has 0 saturated carbocycles. The SMILES string of the molecule is Cc1ccc(C2CN(C(=O)CCc3ccccc3)C(C)CO2)cc1. The number of carbonyl (C=O) groups is 1. The highest BCUT2D eigenvalue weighted by Gasteiger charge is 2.30. The first-order valence-electron chi connectivity index (χ1n) is 8.65. The molecule has 3 nitrogen and oxygen atoms in total. The summed E-state index contributed by atoms with van der Waals surface area (Å²) in [6, 6.07) is 18.7. The van der Waals surface area contributed by atoms with Gasteiger partial charge < -0.3 is 9.64 Å². The number of carbonyl (C=O) groups excluding carboxylic acids is 1. The molecule has 0 bridgehead atoms. The number of benzene rings is 2. The lowest BCUT2D eigenvalue weighted by molar-refractivity contribution is -0.144. The molecule has 0 radical (unpaired) electrons. The van der Waals surface area contributed by atoms with Crippen LogP contribution in [0.25, 0.3) is 0 Å². The van der Waals surface area contributed by atoms with Crippen molar-refractivity contribution in [2.75, 3.05) is 13.2 Å². The van der Waals surface area contributed by atoms with Gasteiger partial charge in [-0.2, -0.15) is 0 Å². The lowest BCUT2D eigenvalue weighted by Gasteiger charge is -2.38. The molecule has 1 aliphatic heterocycles. The van der Waals surface area contributed by atoms with E-state index < -0.39 is 0 Å². The Balaban J connectivity index is 1.62. The van der Waals surface area contributed by atoms with Crippen LogP contribution in [0, 0.1) is 6.92 Å². The average molecular weight is 323 g/mol. The summed E-state index contributed by atoms with van der Waals surface area (Å²) in [4.78, 5) is 14.7. The number of nitrogens with zero attached hydrogens (tertiary/aromatic N) is 1. The molecule has 1 saturated heterocycles. The predicted molar refractivity (Wildman–Crippen MR) is 95.8 cm³/mol. The summed E-state index contributed by atoms with van der Waals surface area (Å²) in [5, 5.41) is 0. The van der Waals surface area contributed by atoms with Crippen molar-refractivity contribution in [3.63, 3.8) is 0 Å². The second-order valence-corrected chi connectivity index (χ2v) is 6.61. The van der Waals surface area contributed by atoms with E-state index in [1.54, 1.807) is 0 Å². The second-order valence-electron chi connectivity index (χ2n) is 6.61. The molecule has 1 heterocycles. The molecule has 24 heavy (non-hydrogen) atoms. The summed E-state index contributed by atoms with van der Waals surface area (Å²) in [7, 11) is 0. The third-order valence-electron chi connectivity index (χ3n) is 4.67. The van der Waals surface area contributed by atoms with Gasteiger partial charge in [-0.3, -0.25) is 4.79 Å². The number of aryl methyl sites for hydroxylation is 2. The van der Waals surface area contributed by atoms with Crippen LogP contribution < -0.4 is 0 Å². The Bertz CT molecular complexity index is 666. The molecular formula is C21H25NO2. The Morgan fingerprint density at radius 2 is 1.83 bits per heavy atom.